The van der Waals surface area contributed by atoms with Crippen LogP contribution in [0.5, 0.6) is 0 Å². The molecular formula is C12H27NSSi. The van der Waals surface area contributed by atoms with Crippen LogP contribution >= 0.6 is 11.2 Å². The van der Waals surface area contributed by atoms with Crippen molar-refractivity contribution in [2.45, 2.75) is 64.4 Å². The van der Waals surface area contributed by atoms with E-state index in [0.717, 1.165) is 6.54 Å². The molecule has 1 nitrogen and oxygen atoms in total. The maximum atomic E-state index is 4.54. The van der Waals surface area contributed by atoms with Crippen LogP contribution in [0.25, 0.3) is 0 Å². The second-order valence-electron chi connectivity index (χ2n) is 4.94. The van der Waals surface area contributed by atoms with Crippen LogP contribution in [-0.2, 0) is 0 Å². The standard InChI is InChI=1S/C12H27NSSi/c1-6-8-9-10-13-11-12(7-2)14-15(3,4)5/h11-12H,6-10H2,1-5H3/b13-11+. The summed E-state index contributed by atoms with van der Waals surface area (Å²) >= 11 is 2.16. The molecule has 0 aliphatic rings. The van der Waals surface area contributed by atoms with E-state index in [1.165, 1.54) is 25.7 Å². The fourth-order valence-corrected chi connectivity index (χ4v) is 5.95. The Kier molecular flexibility index (Phi) is 8.53. The minimum atomic E-state index is -0.991. The van der Waals surface area contributed by atoms with Crippen LogP contribution in [0, 0.1) is 0 Å². The minimum Gasteiger partial charge on any atom is -0.296 e. The molecule has 0 fully saturated rings. The van der Waals surface area contributed by atoms with Crippen molar-refractivity contribution in [3.63, 3.8) is 0 Å². The van der Waals surface area contributed by atoms with Crippen molar-refractivity contribution in [1.82, 2.24) is 0 Å². The second-order valence-corrected chi connectivity index (χ2v) is 14.4. The van der Waals surface area contributed by atoms with Gasteiger partial charge in [0.25, 0.3) is 0 Å². The van der Waals surface area contributed by atoms with Gasteiger partial charge in [-0.1, -0.05) is 46.3 Å². The Bertz CT molecular complexity index is 175. The molecule has 1 atom stereocenters. The molecule has 0 spiro atoms. The van der Waals surface area contributed by atoms with Gasteiger partial charge in [-0.05, 0) is 12.8 Å². The van der Waals surface area contributed by atoms with Gasteiger partial charge in [0.15, 0.2) is 0 Å². The summed E-state index contributed by atoms with van der Waals surface area (Å²) in [5, 5.41) is 0.651. The molecule has 15 heavy (non-hydrogen) atoms. The molecule has 0 bridgehead atoms. The molecule has 0 heterocycles. The zero-order valence-corrected chi connectivity index (χ0v) is 12.9. The Morgan fingerprint density at radius 2 is 1.87 bits per heavy atom. The van der Waals surface area contributed by atoms with Crippen molar-refractivity contribution in [2.24, 2.45) is 4.99 Å². The first-order chi connectivity index (χ1) is 6.99. The van der Waals surface area contributed by atoms with Crippen LogP contribution < -0.4 is 0 Å². The Morgan fingerprint density at radius 3 is 2.33 bits per heavy atom. The number of aliphatic imine (C=N–C) groups is 1. The normalized spacial score (nSPS) is 14.7. The summed E-state index contributed by atoms with van der Waals surface area (Å²) in [4.78, 5) is 4.54. The van der Waals surface area contributed by atoms with Gasteiger partial charge in [-0.2, -0.15) is 11.2 Å². The molecule has 0 aromatic rings. The zero-order chi connectivity index (χ0) is 11.7. The molecule has 0 saturated heterocycles. The van der Waals surface area contributed by atoms with Gasteiger partial charge in [0.2, 0.25) is 0 Å². The predicted octanol–water partition coefficient (Wildman–Crippen LogP) is 4.59. The molecule has 0 aliphatic carbocycles. The smallest absolute Gasteiger partial charge is 0.109 e. The number of rotatable bonds is 8. The fourth-order valence-electron chi connectivity index (χ4n) is 1.32. The summed E-state index contributed by atoms with van der Waals surface area (Å²) < 4.78 is 0. The molecular weight excluding hydrogens is 218 g/mol. The van der Waals surface area contributed by atoms with Crippen LogP contribution in [-0.4, -0.2) is 25.2 Å². The lowest BCUT2D eigenvalue weighted by molar-refractivity contribution is 0.728. The highest BCUT2D eigenvalue weighted by Crippen LogP contribution is 2.25. The molecule has 90 valence electrons. The molecule has 0 aromatic heterocycles. The SMILES string of the molecule is CCCCC/N=C/C(CC)S[Si](C)(C)C. The number of unbranched alkanes of at least 4 members (excludes halogenated alkanes) is 2. The lowest BCUT2D eigenvalue weighted by Crippen LogP contribution is -2.21. The Labute approximate surface area is 101 Å². The van der Waals surface area contributed by atoms with Crippen molar-refractivity contribution >= 4 is 24.6 Å². The number of hydrogen-bond acceptors (Lipinski definition) is 2. The van der Waals surface area contributed by atoms with Crippen LogP contribution in [0.1, 0.15) is 39.5 Å². The topological polar surface area (TPSA) is 12.4 Å². The summed E-state index contributed by atoms with van der Waals surface area (Å²) in [7, 11) is -0.991. The minimum absolute atomic E-state index is 0.651. The third-order valence-corrected chi connectivity index (χ3v) is 6.56. The van der Waals surface area contributed by atoms with Gasteiger partial charge >= 0.3 is 0 Å². The highest BCUT2D eigenvalue weighted by atomic mass is 32.4. The van der Waals surface area contributed by atoms with Crippen LogP contribution in [0.4, 0.5) is 0 Å². The third-order valence-electron chi connectivity index (χ3n) is 2.07. The first-order valence-electron chi connectivity index (χ1n) is 6.17. The third kappa shape index (κ3) is 10.5. The van der Waals surface area contributed by atoms with Crippen molar-refractivity contribution in [3.8, 4) is 0 Å². The van der Waals surface area contributed by atoms with E-state index >= 15 is 0 Å². The Morgan fingerprint density at radius 1 is 1.20 bits per heavy atom. The van der Waals surface area contributed by atoms with E-state index in [1.54, 1.807) is 0 Å². The molecule has 0 aromatic carbocycles. The van der Waals surface area contributed by atoms with Gasteiger partial charge in [-0.15, -0.1) is 0 Å². The van der Waals surface area contributed by atoms with Gasteiger partial charge < -0.3 is 0 Å². The van der Waals surface area contributed by atoms with Crippen molar-refractivity contribution in [1.29, 1.82) is 0 Å². The highest BCUT2D eigenvalue weighted by Gasteiger charge is 2.18. The van der Waals surface area contributed by atoms with Gasteiger partial charge in [-0.25, -0.2) is 0 Å². The monoisotopic (exact) mass is 245 g/mol. The van der Waals surface area contributed by atoms with Crippen LogP contribution in [0.15, 0.2) is 4.99 Å². The zero-order valence-electron chi connectivity index (χ0n) is 11.0. The van der Waals surface area contributed by atoms with Crippen LogP contribution in [0.3, 0.4) is 0 Å². The first-order valence-corrected chi connectivity index (χ1v) is 11.3. The van der Waals surface area contributed by atoms with E-state index in [0.29, 0.717) is 5.25 Å². The predicted molar refractivity (Wildman–Crippen MR) is 77.9 cm³/mol. The summed E-state index contributed by atoms with van der Waals surface area (Å²) in [5.41, 5.74) is 0. The molecule has 3 heteroatoms. The molecule has 0 aliphatic heterocycles. The van der Waals surface area contributed by atoms with E-state index in [9.17, 15) is 0 Å². The van der Waals surface area contributed by atoms with Crippen molar-refractivity contribution in [3.05, 3.63) is 0 Å². The number of nitrogens with zero attached hydrogens (tertiary/aromatic N) is 1. The van der Waals surface area contributed by atoms with E-state index < -0.39 is 7.22 Å². The largest absolute Gasteiger partial charge is 0.296 e. The maximum absolute atomic E-state index is 4.54. The molecule has 0 saturated carbocycles. The quantitative estimate of drug-likeness (QED) is 0.346. The average Bonchev–Trinajstić information content (AvgIpc) is 2.14. The lowest BCUT2D eigenvalue weighted by atomic mass is 10.2. The first kappa shape index (κ1) is 15.2. The van der Waals surface area contributed by atoms with Gasteiger partial charge in [0.1, 0.15) is 7.22 Å². The fraction of sp³-hybridized carbons (Fsp3) is 0.917. The summed E-state index contributed by atoms with van der Waals surface area (Å²) in [6.07, 6.45) is 7.26. The number of hydrogen-bond donors (Lipinski definition) is 0. The summed E-state index contributed by atoms with van der Waals surface area (Å²) in [6.45, 7) is 12.7. The van der Waals surface area contributed by atoms with E-state index in [-0.39, 0.29) is 0 Å². The second kappa shape index (κ2) is 8.40. The molecule has 0 rings (SSSR count). The molecule has 0 radical (unpaired) electrons. The summed E-state index contributed by atoms with van der Waals surface area (Å²) in [5.74, 6) is 0. The van der Waals surface area contributed by atoms with Crippen LogP contribution in [0.2, 0.25) is 19.6 Å². The van der Waals surface area contributed by atoms with Crippen molar-refractivity contribution < 1.29 is 0 Å². The Hall–Kier alpha value is 0.237. The average molecular weight is 246 g/mol. The van der Waals surface area contributed by atoms with Gasteiger partial charge in [0, 0.05) is 18.0 Å². The van der Waals surface area contributed by atoms with E-state index in [2.05, 4.69) is 55.9 Å². The van der Waals surface area contributed by atoms with E-state index in [1.807, 2.05) is 0 Å². The maximum Gasteiger partial charge on any atom is 0.109 e. The van der Waals surface area contributed by atoms with Crippen molar-refractivity contribution in [2.75, 3.05) is 6.54 Å². The molecule has 0 N–H and O–H groups in total. The lowest BCUT2D eigenvalue weighted by Gasteiger charge is -2.20. The molecule has 0 amide bonds. The molecule has 1 unspecified atom stereocenters. The highest BCUT2D eigenvalue weighted by molar-refractivity contribution is 8.29. The Balaban J connectivity index is 3.78. The van der Waals surface area contributed by atoms with E-state index in [4.69, 9.17) is 0 Å². The van der Waals surface area contributed by atoms with Gasteiger partial charge in [-0.3, -0.25) is 4.99 Å². The summed E-state index contributed by atoms with van der Waals surface area (Å²) in [6, 6.07) is 0. The van der Waals surface area contributed by atoms with Gasteiger partial charge in [0.05, 0.1) is 0 Å².